The second-order valence-electron chi connectivity index (χ2n) is 4.96. The lowest BCUT2D eigenvalue weighted by Crippen LogP contribution is -2.40. The van der Waals surface area contributed by atoms with Crippen LogP contribution < -0.4 is 14.8 Å². The summed E-state index contributed by atoms with van der Waals surface area (Å²) in [5.41, 5.74) is 0.940. The number of carbonyl (C=O) groups is 2. The van der Waals surface area contributed by atoms with E-state index in [0.29, 0.717) is 22.7 Å². The fraction of sp³-hybridized carbons (Fsp3) is 0.176. The Morgan fingerprint density at radius 3 is 2.50 bits per heavy atom. The van der Waals surface area contributed by atoms with Crippen molar-refractivity contribution >= 4 is 17.4 Å². The van der Waals surface area contributed by atoms with Gasteiger partial charge in [-0.1, -0.05) is 24.3 Å². The van der Waals surface area contributed by atoms with Gasteiger partial charge in [-0.25, -0.2) is 0 Å². The molecular weight excluding hydrogens is 282 g/mol. The number of hydrogen-bond donors (Lipinski definition) is 1. The highest BCUT2D eigenvalue weighted by Crippen LogP contribution is 2.31. The smallest absolute Gasteiger partial charge is 0.269 e. The van der Waals surface area contributed by atoms with Crippen LogP contribution in [0.25, 0.3) is 0 Å². The van der Waals surface area contributed by atoms with Crippen molar-refractivity contribution in [3.63, 3.8) is 0 Å². The number of anilines is 1. The minimum absolute atomic E-state index is 0.109. The molecule has 0 saturated carbocycles. The molecule has 22 heavy (non-hydrogen) atoms. The van der Waals surface area contributed by atoms with Gasteiger partial charge in [-0.3, -0.25) is 9.59 Å². The Hall–Kier alpha value is -2.82. The van der Waals surface area contributed by atoms with Crippen LogP contribution in [0.2, 0.25) is 0 Å². The predicted molar refractivity (Wildman–Crippen MR) is 81.4 cm³/mol. The molecule has 0 aromatic heterocycles. The fourth-order valence-corrected chi connectivity index (χ4v) is 2.26. The first-order valence-corrected chi connectivity index (χ1v) is 6.94. The molecule has 1 amide bonds. The topological polar surface area (TPSA) is 64.6 Å². The Kier molecular flexibility index (Phi) is 3.78. The standard InChI is InChI=1S/C17H15NO4/c1-11(19)12-6-2-3-7-13(12)18-17(20)16-10-21-14-8-4-5-9-15(14)22-16/h2-9,16H,10H2,1H3,(H,18,20). The largest absolute Gasteiger partial charge is 0.485 e. The number of para-hydroxylation sites is 3. The van der Waals surface area contributed by atoms with Gasteiger partial charge in [0, 0.05) is 5.56 Å². The van der Waals surface area contributed by atoms with Crippen LogP contribution in [0.4, 0.5) is 5.69 Å². The van der Waals surface area contributed by atoms with Crippen LogP contribution >= 0.6 is 0 Å². The first kappa shape index (κ1) is 14.1. The maximum Gasteiger partial charge on any atom is 0.269 e. The molecule has 2 aromatic rings. The van der Waals surface area contributed by atoms with Gasteiger partial charge in [0.2, 0.25) is 6.10 Å². The molecule has 112 valence electrons. The van der Waals surface area contributed by atoms with E-state index in [1.807, 2.05) is 12.1 Å². The Morgan fingerprint density at radius 1 is 1.05 bits per heavy atom. The number of rotatable bonds is 3. The molecule has 5 nitrogen and oxygen atoms in total. The van der Waals surface area contributed by atoms with Gasteiger partial charge in [-0.2, -0.15) is 0 Å². The molecule has 3 rings (SSSR count). The first-order valence-electron chi connectivity index (χ1n) is 6.94. The third kappa shape index (κ3) is 2.79. The molecule has 0 saturated heterocycles. The van der Waals surface area contributed by atoms with E-state index in [0.717, 1.165) is 0 Å². The maximum absolute atomic E-state index is 12.3. The summed E-state index contributed by atoms with van der Waals surface area (Å²) in [6, 6.07) is 14.1. The summed E-state index contributed by atoms with van der Waals surface area (Å²) in [5, 5.41) is 2.73. The van der Waals surface area contributed by atoms with Crippen LogP contribution in [0.5, 0.6) is 11.5 Å². The number of carbonyl (C=O) groups excluding carboxylic acids is 2. The summed E-state index contributed by atoms with van der Waals surface area (Å²) in [7, 11) is 0. The van der Waals surface area contributed by atoms with E-state index in [4.69, 9.17) is 9.47 Å². The molecule has 1 N–H and O–H groups in total. The van der Waals surface area contributed by atoms with Crippen LogP contribution in [0, 0.1) is 0 Å². The molecule has 1 aliphatic rings. The van der Waals surface area contributed by atoms with Gasteiger partial charge in [-0.05, 0) is 31.2 Å². The molecule has 2 aromatic carbocycles. The van der Waals surface area contributed by atoms with E-state index < -0.39 is 6.10 Å². The SMILES string of the molecule is CC(=O)c1ccccc1NC(=O)C1COc2ccccc2O1. The predicted octanol–water partition coefficient (Wildman–Crippen LogP) is 2.67. The Bertz CT molecular complexity index is 726. The zero-order valence-corrected chi connectivity index (χ0v) is 12.0. The van der Waals surface area contributed by atoms with Crippen molar-refractivity contribution in [1.82, 2.24) is 0 Å². The third-order valence-corrected chi connectivity index (χ3v) is 3.37. The number of amides is 1. The normalized spacial score (nSPS) is 16.0. The van der Waals surface area contributed by atoms with Crippen molar-refractivity contribution in [2.24, 2.45) is 0 Å². The monoisotopic (exact) mass is 297 g/mol. The second kappa shape index (κ2) is 5.89. The van der Waals surface area contributed by atoms with Crippen LogP contribution in [-0.4, -0.2) is 24.4 Å². The minimum atomic E-state index is -0.755. The quantitative estimate of drug-likeness (QED) is 0.885. The number of hydrogen-bond acceptors (Lipinski definition) is 4. The Morgan fingerprint density at radius 2 is 1.73 bits per heavy atom. The van der Waals surface area contributed by atoms with Gasteiger partial charge in [0.05, 0.1) is 5.69 Å². The third-order valence-electron chi connectivity index (χ3n) is 3.37. The summed E-state index contributed by atoms with van der Waals surface area (Å²) in [5.74, 6) is 0.703. The zero-order valence-electron chi connectivity index (χ0n) is 12.0. The number of Topliss-reactive ketones (excluding diaryl/α,β-unsaturated/α-hetero) is 1. The molecule has 0 spiro atoms. The molecule has 0 fully saturated rings. The first-order chi connectivity index (χ1) is 10.6. The average molecular weight is 297 g/mol. The molecule has 1 unspecified atom stereocenters. The summed E-state index contributed by atoms with van der Waals surface area (Å²) < 4.78 is 11.2. The Balaban J connectivity index is 1.75. The summed E-state index contributed by atoms with van der Waals surface area (Å²) in [6.07, 6.45) is -0.755. The van der Waals surface area contributed by atoms with Crippen molar-refractivity contribution < 1.29 is 19.1 Å². The maximum atomic E-state index is 12.3. The van der Waals surface area contributed by atoms with Crippen molar-refractivity contribution in [1.29, 1.82) is 0 Å². The average Bonchev–Trinajstić information content (AvgIpc) is 2.54. The van der Waals surface area contributed by atoms with Crippen LogP contribution in [0.1, 0.15) is 17.3 Å². The van der Waals surface area contributed by atoms with Gasteiger partial charge in [0.15, 0.2) is 17.3 Å². The van der Waals surface area contributed by atoms with E-state index in [2.05, 4.69) is 5.32 Å². The lowest BCUT2D eigenvalue weighted by atomic mass is 10.1. The van der Waals surface area contributed by atoms with Crippen LogP contribution in [0.15, 0.2) is 48.5 Å². The summed E-state index contributed by atoms with van der Waals surface area (Å²) >= 11 is 0. The molecule has 5 heteroatoms. The fourth-order valence-electron chi connectivity index (χ4n) is 2.26. The van der Waals surface area contributed by atoms with E-state index in [9.17, 15) is 9.59 Å². The Labute approximate surface area is 127 Å². The second-order valence-corrected chi connectivity index (χ2v) is 4.96. The van der Waals surface area contributed by atoms with Crippen molar-refractivity contribution in [3.05, 3.63) is 54.1 Å². The van der Waals surface area contributed by atoms with E-state index >= 15 is 0 Å². The number of ketones is 1. The molecule has 0 bridgehead atoms. The van der Waals surface area contributed by atoms with Gasteiger partial charge in [-0.15, -0.1) is 0 Å². The number of ether oxygens (including phenoxy) is 2. The van der Waals surface area contributed by atoms with Gasteiger partial charge in [0.25, 0.3) is 5.91 Å². The van der Waals surface area contributed by atoms with Gasteiger partial charge < -0.3 is 14.8 Å². The van der Waals surface area contributed by atoms with E-state index in [-0.39, 0.29) is 18.3 Å². The van der Waals surface area contributed by atoms with E-state index in [1.165, 1.54) is 6.92 Å². The van der Waals surface area contributed by atoms with Gasteiger partial charge in [0.1, 0.15) is 6.61 Å². The van der Waals surface area contributed by atoms with Gasteiger partial charge >= 0.3 is 0 Å². The van der Waals surface area contributed by atoms with Crippen LogP contribution in [0.3, 0.4) is 0 Å². The summed E-state index contributed by atoms with van der Waals surface area (Å²) in [6.45, 7) is 1.59. The number of benzene rings is 2. The molecule has 0 radical (unpaired) electrons. The highest BCUT2D eigenvalue weighted by Gasteiger charge is 2.27. The van der Waals surface area contributed by atoms with Crippen molar-refractivity contribution in [2.45, 2.75) is 13.0 Å². The molecule has 1 heterocycles. The summed E-state index contributed by atoms with van der Waals surface area (Å²) in [4.78, 5) is 23.9. The van der Waals surface area contributed by atoms with E-state index in [1.54, 1.807) is 36.4 Å². The molecule has 1 atom stereocenters. The molecular formula is C17H15NO4. The van der Waals surface area contributed by atoms with Crippen molar-refractivity contribution in [2.75, 3.05) is 11.9 Å². The van der Waals surface area contributed by atoms with Crippen LogP contribution in [-0.2, 0) is 4.79 Å². The molecule has 0 aliphatic carbocycles. The highest BCUT2D eigenvalue weighted by atomic mass is 16.6. The number of fused-ring (bicyclic) bond motifs is 1. The molecule has 1 aliphatic heterocycles. The zero-order chi connectivity index (χ0) is 15.5. The minimum Gasteiger partial charge on any atom is -0.485 e. The lowest BCUT2D eigenvalue weighted by molar-refractivity contribution is -0.125. The lowest BCUT2D eigenvalue weighted by Gasteiger charge is -2.25. The van der Waals surface area contributed by atoms with Crippen molar-refractivity contribution in [3.8, 4) is 11.5 Å². The highest BCUT2D eigenvalue weighted by molar-refractivity contribution is 6.04. The number of nitrogens with one attached hydrogen (secondary N) is 1.